The van der Waals surface area contributed by atoms with Gasteiger partial charge in [-0.3, -0.25) is 10.1 Å². The summed E-state index contributed by atoms with van der Waals surface area (Å²) >= 11 is 0. The predicted molar refractivity (Wildman–Crippen MR) is 75.9 cm³/mol. The van der Waals surface area contributed by atoms with Crippen LogP contribution in [0, 0.1) is 10.1 Å². The zero-order valence-electron chi connectivity index (χ0n) is 12.3. The average molecular weight is 282 g/mol. The van der Waals surface area contributed by atoms with Gasteiger partial charge in [0.05, 0.1) is 10.5 Å². The summed E-state index contributed by atoms with van der Waals surface area (Å²) < 4.78 is 1.59. The summed E-state index contributed by atoms with van der Waals surface area (Å²) in [6, 6.07) is 0. The van der Waals surface area contributed by atoms with Crippen LogP contribution < -0.4 is 4.90 Å². The fourth-order valence-electron chi connectivity index (χ4n) is 2.81. The van der Waals surface area contributed by atoms with E-state index in [1.165, 1.54) is 0 Å². The lowest BCUT2D eigenvalue weighted by Crippen LogP contribution is -2.29. The Labute approximate surface area is 118 Å². The maximum absolute atomic E-state index is 11.3. The van der Waals surface area contributed by atoms with Crippen LogP contribution in [-0.4, -0.2) is 38.5 Å². The topological polar surface area (TPSA) is 84.4 Å². The number of rotatable bonds is 3. The van der Waals surface area contributed by atoms with Gasteiger partial charge in [0.25, 0.3) is 0 Å². The minimum Gasteiger partial charge on any atom is -0.390 e. The van der Waals surface area contributed by atoms with Gasteiger partial charge in [-0.05, 0) is 32.6 Å². The van der Waals surface area contributed by atoms with Gasteiger partial charge in [0.15, 0.2) is 0 Å². The standard InChI is InChI=1S/C13H22N4O3/c1-4-10-11(17(19)20)12(15(3)14-10)16-8-5-6-13(2,18)7-9-16/h18H,4-9H2,1-3H3. The second kappa shape index (κ2) is 5.40. The molecule has 1 aromatic rings. The predicted octanol–water partition coefficient (Wildman–Crippen LogP) is 1.63. The summed E-state index contributed by atoms with van der Waals surface area (Å²) in [5, 5.41) is 25.7. The van der Waals surface area contributed by atoms with Crippen molar-refractivity contribution < 1.29 is 10.0 Å². The summed E-state index contributed by atoms with van der Waals surface area (Å²) in [6.07, 6.45) is 2.68. The first kappa shape index (κ1) is 14.8. The second-order valence-electron chi connectivity index (χ2n) is 5.69. The van der Waals surface area contributed by atoms with Gasteiger partial charge in [0.2, 0.25) is 5.82 Å². The van der Waals surface area contributed by atoms with E-state index in [-0.39, 0.29) is 10.6 Å². The lowest BCUT2D eigenvalue weighted by Gasteiger charge is -2.23. The molecule has 2 heterocycles. The number of aromatic nitrogens is 2. The van der Waals surface area contributed by atoms with Gasteiger partial charge in [0.1, 0.15) is 5.69 Å². The molecule has 0 radical (unpaired) electrons. The lowest BCUT2D eigenvalue weighted by atomic mass is 9.98. The Hall–Kier alpha value is -1.63. The third kappa shape index (κ3) is 2.77. The molecular weight excluding hydrogens is 260 g/mol. The Balaban J connectivity index is 2.37. The molecule has 0 aromatic carbocycles. The summed E-state index contributed by atoms with van der Waals surface area (Å²) in [5.41, 5.74) is -0.0598. The minimum absolute atomic E-state index is 0.108. The van der Waals surface area contributed by atoms with Gasteiger partial charge in [-0.2, -0.15) is 5.10 Å². The van der Waals surface area contributed by atoms with E-state index in [1.807, 2.05) is 18.7 Å². The van der Waals surface area contributed by atoms with Crippen LogP contribution in [-0.2, 0) is 13.5 Å². The molecule has 7 heteroatoms. The summed E-state index contributed by atoms with van der Waals surface area (Å²) in [5.74, 6) is 0.560. The molecule has 0 spiro atoms. The largest absolute Gasteiger partial charge is 0.390 e. The molecule has 1 aliphatic heterocycles. The van der Waals surface area contributed by atoms with Crippen LogP contribution in [0.3, 0.4) is 0 Å². The van der Waals surface area contributed by atoms with Crippen molar-refractivity contribution in [3.63, 3.8) is 0 Å². The molecular formula is C13H22N4O3. The van der Waals surface area contributed by atoms with Crippen molar-refractivity contribution in [2.24, 2.45) is 7.05 Å². The van der Waals surface area contributed by atoms with Gasteiger partial charge in [-0.1, -0.05) is 6.92 Å². The molecule has 1 saturated heterocycles. The zero-order chi connectivity index (χ0) is 14.9. The lowest BCUT2D eigenvalue weighted by molar-refractivity contribution is -0.384. The summed E-state index contributed by atoms with van der Waals surface area (Å²) in [6.45, 7) is 5.01. The van der Waals surface area contributed by atoms with Gasteiger partial charge in [-0.25, -0.2) is 4.68 Å². The maximum Gasteiger partial charge on any atom is 0.334 e. The van der Waals surface area contributed by atoms with Crippen LogP contribution in [0.1, 0.15) is 38.8 Å². The van der Waals surface area contributed by atoms with E-state index in [0.717, 1.165) is 12.8 Å². The molecule has 1 N–H and O–H groups in total. The van der Waals surface area contributed by atoms with E-state index >= 15 is 0 Å². The normalized spacial score (nSPS) is 23.7. The van der Waals surface area contributed by atoms with E-state index in [4.69, 9.17) is 0 Å². The van der Waals surface area contributed by atoms with E-state index in [0.29, 0.717) is 37.4 Å². The second-order valence-corrected chi connectivity index (χ2v) is 5.69. The molecule has 1 aromatic heterocycles. The molecule has 112 valence electrons. The Bertz CT molecular complexity index is 510. The van der Waals surface area contributed by atoms with Crippen LogP contribution in [0.25, 0.3) is 0 Å². The highest BCUT2D eigenvalue weighted by Gasteiger charge is 2.32. The van der Waals surface area contributed by atoms with Crippen molar-refractivity contribution in [1.82, 2.24) is 9.78 Å². The van der Waals surface area contributed by atoms with Crippen LogP contribution in [0.4, 0.5) is 11.5 Å². The first-order valence-corrected chi connectivity index (χ1v) is 7.03. The maximum atomic E-state index is 11.3. The van der Waals surface area contributed by atoms with E-state index in [9.17, 15) is 15.2 Å². The molecule has 0 saturated carbocycles. The Morgan fingerprint density at radius 1 is 1.45 bits per heavy atom. The summed E-state index contributed by atoms with van der Waals surface area (Å²) in [7, 11) is 1.74. The Morgan fingerprint density at radius 3 is 2.75 bits per heavy atom. The van der Waals surface area contributed by atoms with Crippen molar-refractivity contribution in [1.29, 1.82) is 0 Å². The third-order valence-corrected chi connectivity index (χ3v) is 3.94. The first-order valence-electron chi connectivity index (χ1n) is 7.03. The number of nitro groups is 1. The van der Waals surface area contributed by atoms with Crippen molar-refractivity contribution in [2.75, 3.05) is 18.0 Å². The molecule has 1 aliphatic rings. The number of hydrogen-bond acceptors (Lipinski definition) is 5. The van der Waals surface area contributed by atoms with Gasteiger partial charge < -0.3 is 10.0 Å². The highest BCUT2D eigenvalue weighted by atomic mass is 16.6. The Morgan fingerprint density at radius 2 is 2.15 bits per heavy atom. The fraction of sp³-hybridized carbons (Fsp3) is 0.769. The van der Waals surface area contributed by atoms with Crippen LogP contribution in [0.5, 0.6) is 0 Å². The fourth-order valence-corrected chi connectivity index (χ4v) is 2.81. The molecule has 0 bridgehead atoms. The van der Waals surface area contributed by atoms with Crippen molar-refractivity contribution in [3.8, 4) is 0 Å². The number of aryl methyl sites for hydroxylation is 2. The number of nitrogens with zero attached hydrogens (tertiary/aromatic N) is 4. The SMILES string of the molecule is CCc1nn(C)c(N2CCCC(C)(O)CC2)c1[N+](=O)[O-]. The van der Waals surface area contributed by atoms with E-state index < -0.39 is 5.60 Å². The van der Waals surface area contributed by atoms with Gasteiger partial charge >= 0.3 is 5.69 Å². The molecule has 1 atom stereocenters. The van der Waals surface area contributed by atoms with Crippen LogP contribution in [0.2, 0.25) is 0 Å². The van der Waals surface area contributed by atoms with Crippen LogP contribution >= 0.6 is 0 Å². The molecule has 1 fully saturated rings. The minimum atomic E-state index is -0.685. The highest BCUT2D eigenvalue weighted by Crippen LogP contribution is 2.34. The number of hydrogen-bond donors (Lipinski definition) is 1. The zero-order valence-corrected chi connectivity index (χ0v) is 12.3. The van der Waals surface area contributed by atoms with E-state index in [1.54, 1.807) is 11.7 Å². The highest BCUT2D eigenvalue weighted by molar-refractivity contribution is 5.61. The number of aliphatic hydroxyl groups is 1. The molecule has 2 rings (SSSR count). The summed E-state index contributed by atoms with van der Waals surface area (Å²) in [4.78, 5) is 13.0. The number of anilines is 1. The van der Waals surface area contributed by atoms with Crippen molar-refractivity contribution in [2.45, 2.75) is 45.1 Å². The molecule has 0 amide bonds. The third-order valence-electron chi connectivity index (χ3n) is 3.94. The monoisotopic (exact) mass is 282 g/mol. The van der Waals surface area contributed by atoms with E-state index in [2.05, 4.69) is 5.10 Å². The first-order chi connectivity index (χ1) is 9.35. The average Bonchev–Trinajstić information content (AvgIpc) is 2.59. The van der Waals surface area contributed by atoms with Gasteiger partial charge in [0, 0.05) is 20.1 Å². The van der Waals surface area contributed by atoms with Crippen LogP contribution in [0.15, 0.2) is 0 Å². The van der Waals surface area contributed by atoms with Gasteiger partial charge in [-0.15, -0.1) is 0 Å². The smallest absolute Gasteiger partial charge is 0.334 e. The Kier molecular flexibility index (Phi) is 3.99. The molecule has 1 unspecified atom stereocenters. The molecule has 0 aliphatic carbocycles. The quantitative estimate of drug-likeness (QED) is 0.673. The van der Waals surface area contributed by atoms with Crippen molar-refractivity contribution in [3.05, 3.63) is 15.8 Å². The van der Waals surface area contributed by atoms with Crippen molar-refractivity contribution >= 4 is 11.5 Å². The molecule has 7 nitrogen and oxygen atoms in total. The molecule has 20 heavy (non-hydrogen) atoms.